The Hall–Kier alpha value is -6.77. The van der Waals surface area contributed by atoms with E-state index in [1.54, 1.807) is 35.3 Å². The summed E-state index contributed by atoms with van der Waals surface area (Å²) in [4.78, 5) is 64.1. The minimum Gasteiger partial charge on any atom is -0.374 e. The van der Waals surface area contributed by atoms with Gasteiger partial charge in [0.2, 0.25) is 11.9 Å². The van der Waals surface area contributed by atoms with Crippen molar-refractivity contribution in [2.45, 2.75) is 71.6 Å². The summed E-state index contributed by atoms with van der Waals surface area (Å²) in [6.45, 7) is 8.52. The van der Waals surface area contributed by atoms with Crippen molar-refractivity contribution in [3.63, 3.8) is 0 Å². The number of urea groups is 1. The molecule has 4 heterocycles. The Morgan fingerprint density at radius 2 is 1.68 bits per heavy atom. The van der Waals surface area contributed by atoms with Gasteiger partial charge >= 0.3 is 6.03 Å². The van der Waals surface area contributed by atoms with E-state index in [1.807, 2.05) is 131 Å². The second-order valence-electron chi connectivity index (χ2n) is 16.6. The Morgan fingerprint density at radius 3 is 2.37 bits per heavy atom. The molecule has 1 fully saturated rings. The van der Waals surface area contributed by atoms with E-state index in [0.717, 1.165) is 28.1 Å². The fraction of sp³-hybridized carbons (Fsp3) is 0.327. The van der Waals surface area contributed by atoms with Crippen molar-refractivity contribution in [3.8, 4) is 0 Å². The molecule has 326 valence electrons. The largest absolute Gasteiger partial charge is 0.374 e. The second kappa shape index (κ2) is 20.0. The van der Waals surface area contributed by atoms with Crippen molar-refractivity contribution in [1.82, 2.24) is 25.4 Å². The molecule has 14 nitrogen and oxygen atoms in total. The molecular formula is C49H56N10O4. The predicted octanol–water partition coefficient (Wildman–Crippen LogP) is 5.88. The highest BCUT2D eigenvalue weighted by Gasteiger charge is 2.41. The van der Waals surface area contributed by atoms with Crippen LogP contribution in [0.5, 0.6) is 0 Å². The van der Waals surface area contributed by atoms with Crippen molar-refractivity contribution in [2.24, 2.45) is 32.5 Å². The molecule has 0 radical (unpaired) electrons. The van der Waals surface area contributed by atoms with Crippen molar-refractivity contribution in [3.05, 3.63) is 155 Å². The van der Waals surface area contributed by atoms with Crippen molar-refractivity contribution < 1.29 is 19.5 Å². The zero-order chi connectivity index (χ0) is 44.6. The molecule has 63 heavy (non-hydrogen) atoms. The molecule has 14 heteroatoms. The molecule has 0 spiro atoms. The summed E-state index contributed by atoms with van der Waals surface area (Å²) < 4.78 is 0. The van der Waals surface area contributed by atoms with Crippen LogP contribution >= 0.6 is 0 Å². The quantitative estimate of drug-likeness (QED) is 0.136. The first-order valence-corrected chi connectivity index (χ1v) is 21.4. The van der Waals surface area contributed by atoms with Crippen molar-refractivity contribution >= 4 is 41.4 Å². The van der Waals surface area contributed by atoms with Gasteiger partial charge in [-0.05, 0) is 73.6 Å². The van der Waals surface area contributed by atoms with Gasteiger partial charge in [-0.3, -0.25) is 29.8 Å². The average Bonchev–Trinajstić information content (AvgIpc) is 3.39. The molecule has 3 aromatic carbocycles. The van der Waals surface area contributed by atoms with Gasteiger partial charge in [0.15, 0.2) is 0 Å². The second-order valence-corrected chi connectivity index (χ2v) is 16.6. The van der Waals surface area contributed by atoms with E-state index in [2.05, 4.69) is 25.6 Å². The summed E-state index contributed by atoms with van der Waals surface area (Å²) >= 11 is 0. The lowest BCUT2D eigenvalue weighted by molar-refractivity contribution is -0.124. The Labute approximate surface area is 369 Å². The number of guanidine groups is 1. The number of aromatic nitrogens is 1. The van der Waals surface area contributed by atoms with Gasteiger partial charge in [-0.2, -0.15) is 0 Å². The predicted molar refractivity (Wildman–Crippen MR) is 247 cm³/mol. The number of fused-ring (bicyclic) bond motifs is 2. The third-order valence-electron chi connectivity index (χ3n) is 11.4. The molecule has 1 saturated heterocycles. The zero-order valence-corrected chi connectivity index (χ0v) is 36.4. The van der Waals surface area contributed by atoms with Crippen LogP contribution in [0.15, 0.2) is 142 Å². The Morgan fingerprint density at radius 1 is 0.952 bits per heavy atom. The number of carbonyl (C=O) groups is 3. The number of aryl methyl sites for hydroxylation is 1. The van der Waals surface area contributed by atoms with Crippen LogP contribution in [0.1, 0.15) is 67.8 Å². The Balaban J connectivity index is 0.000000775. The molecule has 3 aliphatic heterocycles. The number of pyridine rings is 1. The molecule has 5 N–H and O–H groups in total. The van der Waals surface area contributed by atoms with Gasteiger partial charge in [-0.15, -0.1) is 0 Å². The number of nitrogens with two attached hydrogens (primary N) is 1. The van der Waals surface area contributed by atoms with E-state index in [0.29, 0.717) is 48.5 Å². The molecule has 4 aromatic rings. The molecule has 1 aliphatic carbocycles. The van der Waals surface area contributed by atoms with E-state index in [9.17, 15) is 19.5 Å². The maximum atomic E-state index is 14.5. The normalized spacial score (nSPS) is 21.2. The smallest absolute Gasteiger partial charge is 0.325 e. The van der Waals surface area contributed by atoms with Gasteiger partial charge in [0, 0.05) is 61.1 Å². The third-order valence-corrected chi connectivity index (χ3v) is 11.4. The van der Waals surface area contributed by atoms with Crippen LogP contribution in [0.2, 0.25) is 0 Å². The van der Waals surface area contributed by atoms with Crippen LogP contribution in [0.4, 0.5) is 10.5 Å². The van der Waals surface area contributed by atoms with Crippen LogP contribution in [0, 0.1) is 18.8 Å². The molecule has 4 unspecified atom stereocenters. The summed E-state index contributed by atoms with van der Waals surface area (Å²) in [5.41, 5.74) is 12.7. The fourth-order valence-electron chi connectivity index (χ4n) is 8.09. The maximum Gasteiger partial charge on any atom is 0.325 e. The summed E-state index contributed by atoms with van der Waals surface area (Å²) in [5.74, 6) is -0.410. The summed E-state index contributed by atoms with van der Waals surface area (Å²) in [6, 6.07) is 29.4. The molecule has 1 aromatic heterocycles. The number of amides is 4. The van der Waals surface area contributed by atoms with E-state index >= 15 is 0 Å². The van der Waals surface area contributed by atoms with Gasteiger partial charge < -0.3 is 26.0 Å². The lowest BCUT2D eigenvalue weighted by Gasteiger charge is -2.44. The standard InChI is InChI=1S/C43H49N9O4.C6H7N/c1-26(2)19-34-41(55)51(25-37(53)45-22-28-11-7-5-8-12-28)36-20-30(16-18-33(36)38(48-34)29-13-9-6-10-14-29)40(54)47-32-17-15-27(3)35(21-32)52-24-31-23-46-42(44)49-39(31)50(4)43(52)56;1-6-4-2-3-5-7-6/h5-16,18,20-21,23,26,31-32,34,39-40,47,54H,17,19,22,24-25H2,1-4H3,(H2,44,49)(H,45,53);2-5H,1H3/t31?,32?,34-,39?,40?;/m0./s1. The van der Waals surface area contributed by atoms with Gasteiger partial charge in [-0.1, -0.05) is 98.8 Å². The number of hydrogen-bond acceptors (Lipinski definition) is 10. The number of nitrogens with one attached hydrogen (secondary N) is 2. The molecule has 0 saturated carbocycles. The fourth-order valence-corrected chi connectivity index (χ4v) is 8.09. The topological polar surface area (TPSA) is 181 Å². The number of aliphatic hydroxyl groups excluding tert-OH is 1. The van der Waals surface area contributed by atoms with Gasteiger partial charge in [-0.25, -0.2) is 14.8 Å². The zero-order valence-electron chi connectivity index (χ0n) is 36.4. The van der Waals surface area contributed by atoms with Crippen molar-refractivity contribution in [2.75, 3.05) is 25.0 Å². The van der Waals surface area contributed by atoms with Crippen LogP contribution in [0.3, 0.4) is 0 Å². The molecular weight excluding hydrogens is 793 g/mol. The van der Waals surface area contributed by atoms with E-state index in [-0.39, 0.29) is 48.2 Å². The monoisotopic (exact) mass is 848 g/mol. The van der Waals surface area contributed by atoms with Crippen LogP contribution in [-0.4, -0.2) is 94.0 Å². The maximum absolute atomic E-state index is 14.5. The third kappa shape index (κ3) is 10.6. The van der Waals surface area contributed by atoms with Crippen LogP contribution in [-0.2, 0) is 16.1 Å². The first-order valence-electron chi connectivity index (χ1n) is 21.4. The molecule has 4 aliphatic rings. The summed E-state index contributed by atoms with van der Waals surface area (Å²) in [5, 5.41) is 18.1. The minimum atomic E-state index is -1.16. The first-order chi connectivity index (χ1) is 30.4. The SMILES string of the molecule is CC1=CCC(NC(O)c2ccc3c(c2)N(CC(=O)NCc2ccccc2)C(=O)[C@H](CC(C)C)N=C3c2ccccc2)C=C1N1CC2C=NC(N)=NC2N(C)C1=O.Cc1ccccn1. The highest BCUT2D eigenvalue weighted by atomic mass is 16.3. The van der Waals surface area contributed by atoms with Gasteiger partial charge in [0.25, 0.3) is 5.91 Å². The molecule has 4 amide bonds. The van der Waals surface area contributed by atoms with Crippen LogP contribution in [0.25, 0.3) is 0 Å². The average molecular weight is 849 g/mol. The van der Waals surface area contributed by atoms with E-state index < -0.39 is 18.4 Å². The Bertz CT molecular complexity index is 2430. The lowest BCUT2D eigenvalue weighted by Crippen LogP contribution is -2.58. The highest BCUT2D eigenvalue weighted by molar-refractivity contribution is 6.20. The van der Waals surface area contributed by atoms with Crippen molar-refractivity contribution in [1.29, 1.82) is 0 Å². The number of anilines is 1. The lowest BCUT2D eigenvalue weighted by atomic mass is 9.95. The number of benzodiazepines with no additional fused rings is 1. The number of aliphatic hydroxyl groups is 1. The number of allylic oxidation sites excluding steroid dienone is 1. The Kier molecular flexibility index (Phi) is 14.0. The number of aliphatic imine (C=N–C) groups is 3. The molecule has 8 rings (SSSR count). The molecule has 5 atom stereocenters. The van der Waals surface area contributed by atoms with Gasteiger partial charge in [0.05, 0.1) is 17.3 Å². The summed E-state index contributed by atoms with van der Waals surface area (Å²) in [6.07, 6.45) is 7.06. The number of nitrogens with zero attached hydrogens (tertiary/aromatic N) is 7. The number of rotatable bonds is 11. The minimum absolute atomic E-state index is 0.132. The van der Waals surface area contributed by atoms with Crippen LogP contribution < -0.4 is 21.3 Å². The van der Waals surface area contributed by atoms with E-state index in [1.165, 1.54) is 4.90 Å². The van der Waals surface area contributed by atoms with E-state index in [4.69, 9.17) is 10.7 Å². The number of hydrogen-bond donors (Lipinski definition) is 4. The molecule has 0 bridgehead atoms. The van der Waals surface area contributed by atoms with Gasteiger partial charge in [0.1, 0.15) is 25.0 Å². The summed E-state index contributed by atoms with van der Waals surface area (Å²) in [7, 11) is 1.71. The first kappa shape index (κ1) is 44.3. The number of benzene rings is 3. The number of carbonyl (C=O) groups excluding carboxylic acids is 3. The highest BCUT2D eigenvalue weighted by Crippen LogP contribution is 2.34.